The van der Waals surface area contributed by atoms with Crippen molar-refractivity contribution in [1.29, 1.82) is 0 Å². The Hall–Kier alpha value is -2.04. The lowest BCUT2D eigenvalue weighted by Crippen LogP contribution is -2.49. The normalized spacial score (nSPS) is 17.7. The number of carbonyl (C=O) groups is 2. The fourth-order valence-electron chi connectivity index (χ4n) is 3.31. The summed E-state index contributed by atoms with van der Waals surface area (Å²) in [6.07, 6.45) is 1.32. The van der Waals surface area contributed by atoms with Gasteiger partial charge in [-0.15, -0.1) is 0 Å². The fraction of sp³-hybridized carbons (Fsp3) is 0.636. The van der Waals surface area contributed by atoms with Crippen molar-refractivity contribution in [2.45, 2.75) is 72.6 Å². The topological polar surface area (TPSA) is 49.9 Å². The van der Waals surface area contributed by atoms with Gasteiger partial charge in [0, 0.05) is 25.7 Å². The lowest BCUT2D eigenvalue weighted by molar-refractivity contribution is -0.139. The first-order chi connectivity index (χ1) is 12.6. The van der Waals surface area contributed by atoms with Gasteiger partial charge >= 0.3 is 6.09 Å². The Bertz CT molecular complexity index is 647. The minimum atomic E-state index is -0.524. The summed E-state index contributed by atoms with van der Waals surface area (Å²) in [6.45, 7) is 13.4. The molecule has 1 aliphatic rings. The second kappa shape index (κ2) is 8.77. The summed E-state index contributed by atoms with van der Waals surface area (Å²) in [6, 6.07) is 8.40. The molecule has 0 aliphatic carbocycles. The predicted molar refractivity (Wildman–Crippen MR) is 107 cm³/mol. The van der Waals surface area contributed by atoms with Crippen molar-refractivity contribution < 1.29 is 14.3 Å². The molecule has 0 spiro atoms. The van der Waals surface area contributed by atoms with Gasteiger partial charge in [-0.05, 0) is 59.9 Å². The molecule has 150 valence electrons. The molecule has 2 rings (SSSR count). The van der Waals surface area contributed by atoms with E-state index in [0.717, 1.165) is 18.4 Å². The van der Waals surface area contributed by atoms with Crippen molar-refractivity contribution >= 4 is 12.0 Å². The summed E-state index contributed by atoms with van der Waals surface area (Å²) < 4.78 is 5.48. The van der Waals surface area contributed by atoms with Gasteiger partial charge in [0.1, 0.15) is 5.60 Å². The molecule has 1 heterocycles. The molecule has 0 saturated carbocycles. The molecule has 1 aromatic rings. The maximum atomic E-state index is 13.2. The van der Waals surface area contributed by atoms with E-state index in [1.807, 2.05) is 39.5 Å². The number of rotatable bonds is 4. The first-order valence-corrected chi connectivity index (χ1v) is 9.91. The Morgan fingerprint density at radius 3 is 2.41 bits per heavy atom. The number of piperidine rings is 1. The number of hydrogen-bond donors (Lipinski definition) is 0. The van der Waals surface area contributed by atoms with E-state index < -0.39 is 5.60 Å². The highest BCUT2D eigenvalue weighted by Crippen LogP contribution is 2.23. The Labute approximate surface area is 163 Å². The third-order valence-corrected chi connectivity index (χ3v) is 4.80. The number of benzene rings is 1. The molecule has 2 amide bonds. The van der Waals surface area contributed by atoms with Crippen LogP contribution in [-0.4, -0.2) is 46.5 Å². The highest BCUT2D eigenvalue weighted by atomic mass is 16.6. The van der Waals surface area contributed by atoms with Crippen LogP contribution in [0.1, 0.15) is 58.6 Å². The van der Waals surface area contributed by atoms with Crippen LogP contribution in [-0.2, 0) is 16.1 Å². The van der Waals surface area contributed by atoms with E-state index in [1.54, 1.807) is 4.90 Å². The van der Waals surface area contributed by atoms with E-state index in [-0.39, 0.29) is 24.0 Å². The molecule has 1 aliphatic heterocycles. The maximum Gasteiger partial charge on any atom is 0.410 e. The van der Waals surface area contributed by atoms with Crippen LogP contribution in [0.3, 0.4) is 0 Å². The molecule has 0 N–H and O–H groups in total. The lowest BCUT2D eigenvalue weighted by Gasteiger charge is -2.37. The molecular weight excluding hydrogens is 340 g/mol. The average Bonchev–Trinajstić information content (AvgIpc) is 2.59. The first kappa shape index (κ1) is 21.3. The number of aryl methyl sites for hydroxylation is 1. The first-order valence-electron chi connectivity index (χ1n) is 9.91. The highest BCUT2D eigenvalue weighted by molar-refractivity contribution is 5.80. The van der Waals surface area contributed by atoms with Crippen molar-refractivity contribution in [2.24, 2.45) is 5.92 Å². The molecule has 5 heteroatoms. The molecule has 27 heavy (non-hydrogen) atoms. The number of nitrogens with zero attached hydrogens (tertiary/aromatic N) is 2. The van der Waals surface area contributed by atoms with E-state index in [9.17, 15) is 9.59 Å². The minimum Gasteiger partial charge on any atom is -0.444 e. The van der Waals surface area contributed by atoms with Crippen LogP contribution in [0.2, 0.25) is 0 Å². The van der Waals surface area contributed by atoms with Crippen molar-refractivity contribution in [1.82, 2.24) is 9.80 Å². The SMILES string of the molecule is Cc1ccc(CN(C(=O)[C@H]2CCCN(C(=O)OC(C)(C)C)C2)C(C)C)cc1. The van der Waals surface area contributed by atoms with E-state index in [0.29, 0.717) is 19.6 Å². The summed E-state index contributed by atoms with van der Waals surface area (Å²) >= 11 is 0. The standard InChI is InChI=1S/C22H34N2O3/c1-16(2)24(14-18-11-9-17(3)10-12-18)20(25)19-8-7-13-23(15-19)21(26)27-22(4,5)6/h9-12,16,19H,7-8,13-15H2,1-6H3/t19-/m0/s1. The third kappa shape index (κ3) is 6.26. The summed E-state index contributed by atoms with van der Waals surface area (Å²) in [5.74, 6) is -0.0436. The summed E-state index contributed by atoms with van der Waals surface area (Å²) in [4.78, 5) is 29.2. The monoisotopic (exact) mass is 374 g/mol. The van der Waals surface area contributed by atoms with Crippen LogP contribution in [0.5, 0.6) is 0 Å². The molecule has 1 aromatic carbocycles. The Morgan fingerprint density at radius 1 is 1.22 bits per heavy atom. The van der Waals surface area contributed by atoms with E-state index in [2.05, 4.69) is 31.2 Å². The summed E-state index contributed by atoms with van der Waals surface area (Å²) in [5.41, 5.74) is 1.81. The van der Waals surface area contributed by atoms with Crippen molar-refractivity contribution in [3.63, 3.8) is 0 Å². The zero-order valence-corrected chi connectivity index (χ0v) is 17.6. The van der Waals surface area contributed by atoms with Gasteiger partial charge in [-0.2, -0.15) is 0 Å². The molecule has 1 fully saturated rings. The van der Waals surface area contributed by atoms with Gasteiger partial charge in [0.15, 0.2) is 0 Å². The molecule has 1 saturated heterocycles. The van der Waals surface area contributed by atoms with Crippen LogP contribution in [0.15, 0.2) is 24.3 Å². The number of ether oxygens (including phenoxy) is 1. The largest absolute Gasteiger partial charge is 0.444 e. The van der Waals surface area contributed by atoms with Crippen LogP contribution in [0.4, 0.5) is 4.79 Å². The van der Waals surface area contributed by atoms with Gasteiger partial charge in [-0.25, -0.2) is 4.79 Å². The average molecular weight is 375 g/mol. The van der Waals surface area contributed by atoms with Gasteiger partial charge in [0.05, 0.1) is 5.92 Å². The number of hydrogen-bond acceptors (Lipinski definition) is 3. The van der Waals surface area contributed by atoms with Crippen LogP contribution >= 0.6 is 0 Å². The second-order valence-corrected chi connectivity index (χ2v) is 8.81. The molecule has 0 unspecified atom stereocenters. The van der Waals surface area contributed by atoms with E-state index in [1.165, 1.54) is 5.56 Å². The van der Waals surface area contributed by atoms with Gasteiger partial charge in [-0.1, -0.05) is 29.8 Å². The molecular formula is C22H34N2O3. The Balaban J connectivity index is 2.06. The Morgan fingerprint density at radius 2 is 1.85 bits per heavy atom. The zero-order valence-electron chi connectivity index (χ0n) is 17.6. The molecule has 5 nitrogen and oxygen atoms in total. The quantitative estimate of drug-likeness (QED) is 0.786. The summed E-state index contributed by atoms with van der Waals surface area (Å²) in [5, 5.41) is 0. The van der Waals surface area contributed by atoms with Gasteiger partial charge in [-0.3, -0.25) is 4.79 Å². The van der Waals surface area contributed by atoms with Gasteiger partial charge in [0.2, 0.25) is 5.91 Å². The van der Waals surface area contributed by atoms with Crippen molar-refractivity contribution in [3.05, 3.63) is 35.4 Å². The summed E-state index contributed by atoms with van der Waals surface area (Å²) in [7, 11) is 0. The number of likely N-dealkylation sites (tertiary alicyclic amines) is 1. The van der Waals surface area contributed by atoms with Gasteiger partial charge in [0.25, 0.3) is 0 Å². The molecule has 0 radical (unpaired) electrons. The lowest BCUT2D eigenvalue weighted by atomic mass is 9.96. The number of amides is 2. The van der Waals surface area contributed by atoms with Crippen molar-refractivity contribution in [2.75, 3.05) is 13.1 Å². The number of carbonyl (C=O) groups excluding carboxylic acids is 2. The Kier molecular flexibility index (Phi) is 6.90. The maximum absolute atomic E-state index is 13.2. The second-order valence-electron chi connectivity index (χ2n) is 8.81. The molecule has 1 atom stereocenters. The molecule has 0 aromatic heterocycles. The van der Waals surface area contributed by atoms with Crippen LogP contribution < -0.4 is 0 Å². The van der Waals surface area contributed by atoms with E-state index >= 15 is 0 Å². The fourth-order valence-corrected chi connectivity index (χ4v) is 3.31. The van der Waals surface area contributed by atoms with Crippen molar-refractivity contribution in [3.8, 4) is 0 Å². The van der Waals surface area contributed by atoms with Crippen LogP contribution in [0, 0.1) is 12.8 Å². The van der Waals surface area contributed by atoms with Gasteiger partial charge < -0.3 is 14.5 Å². The third-order valence-electron chi connectivity index (χ3n) is 4.80. The predicted octanol–water partition coefficient (Wildman–Crippen LogP) is 4.38. The zero-order chi connectivity index (χ0) is 20.2. The van der Waals surface area contributed by atoms with E-state index in [4.69, 9.17) is 4.74 Å². The minimum absolute atomic E-state index is 0.107. The smallest absolute Gasteiger partial charge is 0.410 e. The highest BCUT2D eigenvalue weighted by Gasteiger charge is 2.33. The van der Waals surface area contributed by atoms with Crippen LogP contribution in [0.25, 0.3) is 0 Å². The molecule has 0 bridgehead atoms.